The summed E-state index contributed by atoms with van der Waals surface area (Å²) in [4.78, 5) is 11.0. The average molecular weight is 457 g/mol. The molecule has 32 heavy (non-hydrogen) atoms. The Bertz CT molecular complexity index is 1420. The zero-order valence-corrected chi connectivity index (χ0v) is 18.4. The van der Waals surface area contributed by atoms with Crippen molar-refractivity contribution >= 4 is 45.5 Å². The number of halogens is 1. The molecule has 5 aromatic rings. The van der Waals surface area contributed by atoms with Crippen LogP contribution in [0.5, 0.6) is 0 Å². The van der Waals surface area contributed by atoms with Crippen molar-refractivity contribution in [1.82, 2.24) is 9.97 Å². The van der Waals surface area contributed by atoms with Crippen LogP contribution in [0.3, 0.4) is 0 Å². The van der Waals surface area contributed by atoms with Gasteiger partial charge in [-0.2, -0.15) is 5.10 Å². The van der Waals surface area contributed by atoms with Gasteiger partial charge in [0.2, 0.25) is 5.95 Å². The molecular weight excluding hydrogens is 440 g/mol. The molecule has 2 aromatic carbocycles. The molecule has 0 amide bonds. The molecule has 0 N–H and O–H groups in total. The van der Waals surface area contributed by atoms with Gasteiger partial charge in [0.05, 0.1) is 28.1 Å². The lowest BCUT2D eigenvalue weighted by atomic mass is 10.1. The van der Waals surface area contributed by atoms with Gasteiger partial charge >= 0.3 is 0 Å². The van der Waals surface area contributed by atoms with E-state index in [9.17, 15) is 0 Å². The van der Waals surface area contributed by atoms with Crippen LogP contribution in [0.2, 0.25) is 5.02 Å². The maximum atomic E-state index is 6.31. The fourth-order valence-electron chi connectivity index (χ4n) is 4.00. The topological polar surface area (TPSA) is 54.5 Å². The highest BCUT2D eigenvalue weighted by Crippen LogP contribution is 2.38. The van der Waals surface area contributed by atoms with Crippen LogP contribution in [0.4, 0.5) is 5.95 Å². The molecular formula is C25H17ClN4OS. The van der Waals surface area contributed by atoms with Crippen molar-refractivity contribution in [3.63, 3.8) is 0 Å². The van der Waals surface area contributed by atoms with E-state index in [2.05, 4.69) is 11.4 Å². The van der Waals surface area contributed by atoms with E-state index in [0.29, 0.717) is 11.0 Å². The summed E-state index contributed by atoms with van der Waals surface area (Å²) in [5.41, 5.74) is 3.64. The molecule has 0 spiro atoms. The van der Waals surface area contributed by atoms with Crippen LogP contribution in [0.15, 0.2) is 94.0 Å². The van der Waals surface area contributed by atoms with Gasteiger partial charge in [-0.3, -0.25) is 0 Å². The van der Waals surface area contributed by atoms with Gasteiger partial charge in [0, 0.05) is 22.4 Å². The lowest BCUT2D eigenvalue weighted by Gasteiger charge is -2.21. The summed E-state index contributed by atoms with van der Waals surface area (Å²) in [6, 6.07) is 23.7. The minimum atomic E-state index is -0.115. The Hall–Kier alpha value is -3.48. The van der Waals surface area contributed by atoms with E-state index in [0.717, 1.165) is 44.9 Å². The SMILES string of the molecule is Clc1ccc2nc(N3N=C(c4cccs4)CC3c3ccco3)nc(-c3ccccc3)c2c1. The van der Waals surface area contributed by atoms with Crippen LogP contribution in [0, 0.1) is 0 Å². The van der Waals surface area contributed by atoms with Crippen LogP contribution < -0.4 is 5.01 Å². The quantitative estimate of drug-likeness (QED) is 0.293. The molecule has 156 valence electrons. The second kappa shape index (κ2) is 7.89. The molecule has 1 unspecified atom stereocenters. The predicted molar refractivity (Wildman–Crippen MR) is 129 cm³/mol. The zero-order chi connectivity index (χ0) is 21.5. The summed E-state index contributed by atoms with van der Waals surface area (Å²) in [5, 5.41) is 10.4. The highest BCUT2D eigenvalue weighted by molar-refractivity contribution is 7.12. The number of nitrogens with zero attached hydrogens (tertiary/aromatic N) is 4. The van der Waals surface area contributed by atoms with E-state index in [1.807, 2.05) is 71.7 Å². The molecule has 5 nitrogen and oxygen atoms in total. The third-order valence-electron chi connectivity index (χ3n) is 5.49. The van der Waals surface area contributed by atoms with Gasteiger partial charge < -0.3 is 4.42 Å². The Balaban J connectivity index is 1.55. The average Bonchev–Trinajstić information content (AvgIpc) is 3.60. The summed E-state index contributed by atoms with van der Waals surface area (Å²) in [6.45, 7) is 0. The summed E-state index contributed by atoms with van der Waals surface area (Å²) in [5.74, 6) is 1.37. The van der Waals surface area contributed by atoms with Gasteiger partial charge in [0.15, 0.2) is 0 Å². The van der Waals surface area contributed by atoms with Crippen LogP contribution in [0.1, 0.15) is 23.1 Å². The number of furan rings is 1. The first kappa shape index (κ1) is 19.2. The number of fused-ring (bicyclic) bond motifs is 1. The van der Waals surface area contributed by atoms with Crippen molar-refractivity contribution in [2.45, 2.75) is 12.5 Å². The van der Waals surface area contributed by atoms with Gasteiger partial charge in [0.1, 0.15) is 11.8 Å². The Kier molecular flexibility index (Phi) is 4.74. The standard InChI is InChI=1S/C25H17ClN4OS/c26-17-10-11-19-18(14-17)24(16-6-2-1-3-7-16)28-25(27-19)30-21(22-8-4-12-31-22)15-20(29-30)23-9-5-13-32-23/h1-14,21H,15H2. The smallest absolute Gasteiger partial charge is 0.248 e. The molecule has 0 saturated heterocycles. The monoisotopic (exact) mass is 456 g/mol. The number of thiophene rings is 1. The molecule has 1 atom stereocenters. The first-order chi connectivity index (χ1) is 15.8. The second-order valence-corrected chi connectivity index (χ2v) is 8.89. The summed E-state index contributed by atoms with van der Waals surface area (Å²) in [7, 11) is 0. The molecule has 0 saturated carbocycles. The maximum Gasteiger partial charge on any atom is 0.248 e. The van der Waals surface area contributed by atoms with Crippen molar-refractivity contribution in [2.24, 2.45) is 5.10 Å². The van der Waals surface area contributed by atoms with Crippen LogP contribution >= 0.6 is 22.9 Å². The minimum Gasteiger partial charge on any atom is -0.467 e. The van der Waals surface area contributed by atoms with E-state index < -0.39 is 0 Å². The molecule has 0 radical (unpaired) electrons. The Morgan fingerprint density at radius 1 is 0.969 bits per heavy atom. The summed E-state index contributed by atoms with van der Waals surface area (Å²) >= 11 is 7.99. The van der Waals surface area contributed by atoms with Gasteiger partial charge in [0.25, 0.3) is 0 Å². The summed E-state index contributed by atoms with van der Waals surface area (Å²) in [6.07, 6.45) is 2.41. The number of anilines is 1. The summed E-state index contributed by atoms with van der Waals surface area (Å²) < 4.78 is 5.77. The van der Waals surface area contributed by atoms with Gasteiger partial charge in [-0.05, 0) is 41.8 Å². The normalized spacial score (nSPS) is 16.0. The molecule has 3 aromatic heterocycles. The molecule has 0 bridgehead atoms. The van der Waals surface area contributed by atoms with Gasteiger partial charge in [-0.15, -0.1) is 11.3 Å². The maximum absolute atomic E-state index is 6.31. The number of rotatable bonds is 4. The molecule has 7 heteroatoms. The second-order valence-electron chi connectivity index (χ2n) is 7.50. The van der Waals surface area contributed by atoms with Crippen LogP contribution in [-0.4, -0.2) is 15.7 Å². The van der Waals surface area contributed by atoms with Crippen molar-refractivity contribution in [3.8, 4) is 11.3 Å². The fourth-order valence-corrected chi connectivity index (χ4v) is 4.89. The van der Waals surface area contributed by atoms with Gasteiger partial charge in [-0.1, -0.05) is 48.0 Å². The van der Waals surface area contributed by atoms with Gasteiger partial charge in [-0.25, -0.2) is 15.0 Å². The van der Waals surface area contributed by atoms with E-state index >= 15 is 0 Å². The molecule has 1 aliphatic rings. The predicted octanol–water partition coefficient (Wildman–Crippen LogP) is 6.96. The van der Waals surface area contributed by atoms with Crippen molar-refractivity contribution in [1.29, 1.82) is 0 Å². The number of hydrazone groups is 1. The van der Waals surface area contributed by atoms with E-state index in [-0.39, 0.29) is 6.04 Å². The zero-order valence-electron chi connectivity index (χ0n) is 16.9. The number of hydrogen-bond donors (Lipinski definition) is 0. The molecule has 6 rings (SSSR count). The first-order valence-corrected chi connectivity index (χ1v) is 11.5. The highest BCUT2D eigenvalue weighted by atomic mass is 35.5. The van der Waals surface area contributed by atoms with Crippen molar-refractivity contribution in [3.05, 3.63) is 100 Å². The molecule has 0 fully saturated rings. The lowest BCUT2D eigenvalue weighted by Crippen LogP contribution is -2.20. The Labute approximate surface area is 193 Å². The Morgan fingerprint density at radius 2 is 1.88 bits per heavy atom. The first-order valence-electron chi connectivity index (χ1n) is 10.2. The van der Waals surface area contributed by atoms with E-state index in [1.165, 1.54) is 0 Å². The van der Waals surface area contributed by atoms with Crippen LogP contribution in [0.25, 0.3) is 22.2 Å². The molecule has 4 heterocycles. The fraction of sp³-hybridized carbons (Fsp3) is 0.0800. The largest absolute Gasteiger partial charge is 0.467 e. The number of aromatic nitrogens is 2. The number of benzene rings is 2. The lowest BCUT2D eigenvalue weighted by molar-refractivity contribution is 0.463. The molecule has 1 aliphatic heterocycles. The number of hydrogen-bond acceptors (Lipinski definition) is 6. The van der Waals surface area contributed by atoms with E-state index in [4.69, 9.17) is 31.1 Å². The van der Waals surface area contributed by atoms with E-state index in [1.54, 1.807) is 17.6 Å². The molecule has 0 aliphatic carbocycles. The van der Waals surface area contributed by atoms with Crippen LogP contribution in [-0.2, 0) is 0 Å². The third-order valence-corrected chi connectivity index (χ3v) is 6.64. The minimum absolute atomic E-state index is 0.115. The van der Waals surface area contributed by atoms with Crippen molar-refractivity contribution in [2.75, 3.05) is 5.01 Å². The van der Waals surface area contributed by atoms with Crippen molar-refractivity contribution < 1.29 is 4.42 Å². The third kappa shape index (κ3) is 3.38. The Morgan fingerprint density at radius 3 is 2.66 bits per heavy atom. The highest BCUT2D eigenvalue weighted by Gasteiger charge is 2.34.